The van der Waals surface area contributed by atoms with Crippen LogP contribution in [0.25, 0.3) is 11.0 Å². The number of hydrogen-bond donors (Lipinski definition) is 1. The lowest BCUT2D eigenvalue weighted by molar-refractivity contribution is 0.391. The minimum atomic E-state index is 0.316. The summed E-state index contributed by atoms with van der Waals surface area (Å²) in [5.41, 5.74) is 4.07. The molecule has 3 heterocycles. The number of rotatable bonds is 4. The predicted octanol–water partition coefficient (Wildman–Crippen LogP) is 2.79. The summed E-state index contributed by atoms with van der Waals surface area (Å²) in [5, 5.41) is 12.8. The highest BCUT2D eigenvalue weighted by atomic mass is 16.5. The molecule has 0 unspecified atom stereocenters. The van der Waals surface area contributed by atoms with Crippen molar-refractivity contribution in [3.8, 4) is 0 Å². The van der Waals surface area contributed by atoms with Crippen molar-refractivity contribution in [1.29, 1.82) is 0 Å². The highest BCUT2D eigenvalue weighted by Crippen LogP contribution is 2.25. The molecule has 3 aromatic heterocycles. The third-order valence-electron chi connectivity index (χ3n) is 3.82. The molecule has 0 bridgehead atoms. The average Bonchev–Trinajstić information content (AvgIpc) is 3.00. The normalized spacial score (nSPS) is 12.8. The molecule has 0 spiro atoms. The second-order valence-electron chi connectivity index (χ2n) is 5.38. The molecule has 0 radical (unpaired) electrons. The summed E-state index contributed by atoms with van der Waals surface area (Å²) >= 11 is 0. The first kappa shape index (κ1) is 13.6. The molecular formula is C15H19N5O. The summed E-state index contributed by atoms with van der Waals surface area (Å²) in [6.07, 6.45) is 3.64. The third-order valence-corrected chi connectivity index (χ3v) is 3.82. The Morgan fingerprint density at radius 3 is 2.90 bits per heavy atom. The van der Waals surface area contributed by atoms with Crippen molar-refractivity contribution in [3.05, 3.63) is 35.5 Å². The zero-order valence-electron chi connectivity index (χ0n) is 12.7. The van der Waals surface area contributed by atoms with E-state index in [1.165, 1.54) is 5.56 Å². The van der Waals surface area contributed by atoms with Crippen LogP contribution in [-0.4, -0.2) is 26.5 Å². The van der Waals surface area contributed by atoms with Gasteiger partial charge in [0.25, 0.3) is 0 Å². The van der Waals surface area contributed by atoms with Gasteiger partial charge in [-0.1, -0.05) is 12.1 Å². The second kappa shape index (κ2) is 5.20. The molecule has 0 saturated heterocycles. The largest absolute Gasteiger partial charge is 0.384 e. The zero-order valence-corrected chi connectivity index (χ0v) is 12.7. The van der Waals surface area contributed by atoms with Crippen molar-refractivity contribution < 1.29 is 4.52 Å². The molecular weight excluding hydrogens is 266 g/mol. The van der Waals surface area contributed by atoms with Gasteiger partial charge in [0.05, 0.1) is 17.3 Å². The van der Waals surface area contributed by atoms with E-state index in [0.717, 1.165) is 34.7 Å². The first-order chi connectivity index (χ1) is 10.1. The van der Waals surface area contributed by atoms with Gasteiger partial charge in [0.2, 0.25) is 0 Å². The van der Waals surface area contributed by atoms with Crippen LogP contribution in [0.2, 0.25) is 0 Å². The Bertz CT molecular complexity index is 754. The van der Waals surface area contributed by atoms with Crippen molar-refractivity contribution in [2.75, 3.05) is 11.9 Å². The molecule has 3 rings (SSSR count). The first-order valence-corrected chi connectivity index (χ1v) is 7.01. The maximum Gasteiger partial charge on any atom is 0.159 e. The number of anilines is 1. The van der Waals surface area contributed by atoms with Crippen LogP contribution >= 0.6 is 0 Å². The van der Waals surface area contributed by atoms with Crippen LogP contribution in [0.15, 0.2) is 23.0 Å². The number of nitrogens with zero attached hydrogens (tertiary/aromatic N) is 4. The number of pyridine rings is 1. The van der Waals surface area contributed by atoms with E-state index in [0.29, 0.717) is 5.92 Å². The van der Waals surface area contributed by atoms with E-state index in [1.54, 1.807) is 10.9 Å². The van der Waals surface area contributed by atoms with Gasteiger partial charge in [-0.2, -0.15) is 5.10 Å². The lowest BCUT2D eigenvalue weighted by Crippen LogP contribution is -2.11. The molecule has 0 aliphatic carbocycles. The molecule has 3 aromatic rings. The Morgan fingerprint density at radius 2 is 2.19 bits per heavy atom. The summed E-state index contributed by atoms with van der Waals surface area (Å²) in [6, 6.07) is 1.98. The Hall–Kier alpha value is -2.37. The summed E-state index contributed by atoms with van der Waals surface area (Å²) in [5.74, 6) is 1.21. The van der Waals surface area contributed by atoms with E-state index in [9.17, 15) is 0 Å². The summed E-state index contributed by atoms with van der Waals surface area (Å²) in [7, 11) is 1.89. The van der Waals surface area contributed by atoms with Crippen molar-refractivity contribution >= 4 is 16.7 Å². The molecule has 6 heteroatoms. The van der Waals surface area contributed by atoms with Gasteiger partial charge < -0.3 is 9.84 Å². The molecule has 0 aliphatic heterocycles. The van der Waals surface area contributed by atoms with Crippen LogP contribution in [0.3, 0.4) is 0 Å². The van der Waals surface area contributed by atoms with Crippen LogP contribution < -0.4 is 5.32 Å². The molecule has 110 valence electrons. The number of aryl methyl sites for hydroxylation is 3. The molecule has 0 aromatic carbocycles. The Balaban J connectivity index is 1.81. The van der Waals surface area contributed by atoms with Gasteiger partial charge in [0, 0.05) is 37.0 Å². The van der Waals surface area contributed by atoms with Gasteiger partial charge in [-0.15, -0.1) is 0 Å². The van der Waals surface area contributed by atoms with Crippen LogP contribution in [0.5, 0.6) is 0 Å². The number of aromatic nitrogens is 4. The average molecular weight is 285 g/mol. The molecule has 0 fully saturated rings. The van der Waals surface area contributed by atoms with Gasteiger partial charge in [-0.05, 0) is 19.9 Å². The van der Waals surface area contributed by atoms with Crippen molar-refractivity contribution in [2.24, 2.45) is 7.05 Å². The number of hydrogen-bond acceptors (Lipinski definition) is 5. The van der Waals surface area contributed by atoms with Crippen molar-refractivity contribution in [1.82, 2.24) is 19.9 Å². The highest BCUT2D eigenvalue weighted by Gasteiger charge is 2.16. The van der Waals surface area contributed by atoms with E-state index in [4.69, 9.17) is 4.52 Å². The summed E-state index contributed by atoms with van der Waals surface area (Å²) < 4.78 is 7.02. The molecule has 21 heavy (non-hydrogen) atoms. The van der Waals surface area contributed by atoms with E-state index >= 15 is 0 Å². The minimum Gasteiger partial charge on any atom is -0.384 e. The van der Waals surface area contributed by atoms with Gasteiger partial charge in [0.15, 0.2) is 5.65 Å². The molecule has 0 amide bonds. The van der Waals surface area contributed by atoms with Crippen LogP contribution in [0.4, 0.5) is 5.69 Å². The Kier molecular flexibility index (Phi) is 3.37. The molecule has 6 nitrogen and oxygen atoms in total. The van der Waals surface area contributed by atoms with E-state index in [2.05, 4.69) is 27.5 Å². The first-order valence-electron chi connectivity index (χ1n) is 7.01. The molecule has 0 aliphatic rings. The van der Waals surface area contributed by atoms with Gasteiger partial charge in [0.1, 0.15) is 5.76 Å². The van der Waals surface area contributed by atoms with Crippen molar-refractivity contribution in [3.63, 3.8) is 0 Å². The maximum atomic E-state index is 5.24. The smallest absolute Gasteiger partial charge is 0.159 e. The maximum absolute atomic E-state index is 5.24. The fourth-order valence-electron chi connectivity index (χ4n) is 2.76. The highest BCUT2D eigenvalue weighted by molar-refractivity contribution is 5.88. The van der Waals surface area contributed by atoms with Gasteiger partial charge >= 0.3 is 0 Å². The second-order valence-corrected chi connectivity index (χ2v) is 5.38. The molecule has 0 saturated carbocycles. The molecule has 1 atom stereocenters. The van der Waals surface area contributed by atoms with Gasteiger partial charge in [-0.3, -0.25) is 4.68 Å². The lowest BCUT2D eigenvalue weighted by atomic mass is 9.99. The van der Waals surface area contributed by atoms with Crippen molar-refractivity contribution in [2.45, 2.75) is 26.7 Å². The SMILES string of the molecule is Cc1noc(C)c1[C@@H](C)CNc1ccnc2c1cnn2C. The zero-order chi connectivity index (χ0) is 15.0. The van der Waals surface area contributed by atoms with Crippen LogP contribution in [0, 0.1) is 13.8 Å². The predicted molar refractivity (Wildman–Crippen MR) is 81.4 cm³/mol. The third kappa shape index (κ3) is 2.37. The number of fused-ring (bicyclic) bond motifs is 1. The van der Waals surface area contributed by atoms with Gasteiger partial charge in [-0.25, -0.2) is 4.98 Å². The fourth-order valence-corrected chi connectivity index (χ4v) is 2.76. The lowest BCUT2D eigenvalue weighted by Gasteiger charge is -2.14. The van der Waals surface area contributed by atoms with E-state index < -0.39 is 0 Å². The Morgan fingerprint density at radius 1 is 1.38 bits per heavy atom. The standard InChI is InChI=1S/C15H19N5O/c1-9(14-10(2)19-21-11(14)3)7-17-13-5-6-16-15-12(13)8-18-20(15)4/h5-6,8-9H,7H2,1-4H3,(H,16,17)/t9-/m0/s1. The summed E-state index contributed by atoms with van der Waals surface area (Å²) in [4.78, 5) is 4.34. The number of nitrogens with one attached hydrogen (secondary N) is 1. The van der Waals surface area contributed by atoms with Crippen LogP contribution in [-0.2, 0) is 7.05 Å². The Labute approximate surface area is 123 Å². The molecule has 1 N–H and O–H groups in total. The monoisotopic (exact) mass is 285 g/mol. The summed E-state index contributed by atoms with van der Waals surface area (Å²) in [6.45, 7) is 6.91. The topological polar surface area (TPSA) is 68.8 Å². The van der Waals surface area contributed by atoms with E-state index in [-0.39, 0.29) is 0 Å². The fraction of sp³-hybridized carbons (Fsp3) is 0.400. The minimum absolute atomic E-state index is 0.316. The van der Waals surface area contributed by atoms with E-state index in [1.807, 2.05) is 33.2 Å². The van der Waals surface area contributed by atoms with Crippen LogP contribution in [0.1, 0.15) is 29.9 Å². The quantitative estimate of drug-likeness (QED) is 0.798.